The summed E-state index contributed by atoms with van der Waals surface area (Å²) in [4.78, 5) is 8.09. The van der Waals surface area contributed by atoms with Gasteiger partial charge >= 0.3 is 0 Å². The van der Waals surface area contributed by atoms with E-state index in [1.807, 2.05) is 0 Å². The monoisotopic (exact) mass is 232 g/mol. The minimum atomic E-state index is 0.0109. The van der Waals surface area contributed by atoms with E-state index in [1.165, 1.54) is 0 Å². The van der Waals surface area contributed by atoms with Gasteiger partial charge in [0.05, 0.1) is 11.8 Å². The van der Waals surface area contributed by atoms with Crippen LogP contribution in [0.2, 0.25) is 10.4 Å². The number of methoxy groups -OCH3 is 1. The molecule has 0 bridgehead atoms. The molecule has 1 aliphatic carbocycles. The van der Waals surface area contributed by atoms with Gasteiger partial charge in [-0.15, -0.1) is 0 Å². The molecule has 1 aliphatic rings. The van der Waals surface area contributed by atoms with Crippen LogP contribution in [0, 0.1) is 0 Å². The number of halogens is 2. The Morgan fingerprint density at radius 2 is 2.14 bits per heavy atom. The molecule has 1 atom stereocenters. The van der Waals surface area contributed by atoms with Gasteiger partial charge in [0.1, 0.15) is 5.15 Å². The first-order valence-electron chi connectivity index (χ1n) is 4.47. The quantitative estimate of drug-likeness (QED) is 0.552. The van der Waals surface area contributed by atoms with E-state index < -0.39 is 0 Å². The van der Waals surface area contributed by atoms with Crippen molar-refractivity contribution in [1.29, 1.82) is 0 Å². The van der Waals surface area contributed by atoms with Crippen molar-refractivity contribution in [2.45, 2.75) is 25.4 Å². The average Bonchev–Trinajstić information content (AvgIpc) is 2.17. The van der Waals surface area contributed by atoms with E-state index in [-0.39, 0.29) is 11.4 Å². The predicted octanol–water partition coefficient (Wildman–Crippen LogP) is 2.81. The van der Waals surface area contributed by atoms with Gasteiger partial charge in [-0.2, -0.15) is 0 Å². The third kappa shape index (κ3) is 1.72. The molecule has 1 aromatic heterocycles. The topological polar surface area (TPSA) is 35.0 Å². The van der Waals surface area contributed by atoms with Gasteiger partial charge in [0, 0.05) is 12.7 Å². The fourth-order valence-corrected chi connectivity index (χ4v) is 2.26. The molecule has 0 saturated carbocycles. The highest BCUT2D eigenvalue weighted by atomic mass is 35.5. The molecule has 2 rings (SSSR count). The summed E-state index contributed by atoms with van der Waals surface area (Å²) in [6.45, 7) is 0. The summed E-state index contributed by atoms with van der Waals surface area (Å²) in [6.07, 6.45) is 2.94. The van der Waals surface area contributed by atoms with Crippen LogP contribution in [0.5, 0.6) is 0 Å². The second-order valence-electron chi connectivity index (χ2n) is 3.26. The lowest BCUT2D eigenvalue weighted by atomic mass is 9.95. The second kappa shape index (κ2) is 4.01. The van der Waals surface area contributed by atoms with Crippen molar-refractivity contribution in [3.63, 3.8) is 0 Å². The first kappa shape index (κ1) is 10.1. The zero-order chi connectivity index (χ0) is 10.1. The van der Waals surface area contributed by atoms with Gasteiger partial charge in [-0.1, -0.05) is 11.6 Å². The molecule has 0 radical (unpaired) electrons. The van der Waals surface area contributed by atoms with Crippen LogP contribution in [-0.2, 0) is 11.2 Å². The van der Waals surface area contributed by atoms with Crippen LogP contribution in [0.1, 0.15) is 30.2 Å². The van der Waals surface area contributed by atoms with Crippen LogP contribution in [-0.4, -0.2) is 17.1 Å². The highest BCUT2D eigenvalue weighted by Crippen LogP contribution is 2.34. The molecular formula is C9H10Cl2N2O. The van der Waals surface area contributed by atoms with Gasteiger partial charge in [-0.05, 0) is 30.9 Å². The summed E-state index contributed by atoms with van der Waals surface area (Å²) < 4.78 is 5.32. The van der Waals surface area contributed by atoms with Gasteiger partial charge in [0.15, 0.2) is 0 Å². The van der Waals surface area contributed by atoms with Crippen LogP contribution < -0.4 is 0 Å². The molecule has 0 fully saturated rings. The molecule has 1 heterocycles. The van der Waals surface area contributed by atoms with Crippen molar-refractivity contribution < 1.29 is 4.74 Å². The van der Waals surface area contributed by atoms with Crippen LogP contribution in [0.15, 0.2) is 0 Å². The van der Waals surface area contributed by atoms with Crippen molar-refractivity contribution in [3.05, 3.63) is 21.7 Å². The minimum absolute atomic E-state index is 0.0109. The summed E-state index contributed by atoms with van der Waals surface area (Å²) in [7, 11) is 1.67. The molecule has 0 spiro atoms. The van der Waals surface area contributed by atoms with Crippen molar-refractivity contribution in [2.24, 2.45) is 0 Å². The number of nitrogens with zero attached hydrogens (tertiary/aromatic N) is 2. The van der Waals surface area contributed by atoms with E-state index in [2.05, 4.69) is 9.97 Å². The lowest BCUT2D eigenvalue weighted by Gasteiger charge is -2.23. The number of fused-ring (bicyclic) bond motifs is 1. The van der Waals surface area contributed by atoms with Crippen molar-refractivity contribution in [1.82, 2.24) is 9.97 Å². The Morgan fingerprint density at radius 3 is 2.86 bits per heavy atom. The Kier molecular flexibility index (Phi) is 2.91. The van der Waals surface area contributed by atoms with Gasteiger partial charge < -0.3 is 4.74 Å². The molecule has 5 heteroatoms. The number of ether oxygens (including phenoxy) is 1. The Labute approximate surface area is 92.4 Å². The molecule has 1 unspecified atom stereocenters. The van der Waals surface area contributed by atoms with Crippen LogP contribution in [0.4, 0.5) is 0 Å². The summed E-state index contributed by atoms with van der Waals surface area (Å²) in [5.74, 6) is 0. The number of aromatic nitrogens is 2. The van der Waals surface area contributed by atoms with Gasteiger partial charge in [-0.3, -0.25) is 0 Å². The van der Waals surface area contributed by atoms with Crippen molar-refractivity contribution >= 4 is 23.2 Å². The Bertz CT molecular complexity index is 357. The first-order chi connectivity index (χ1) is 6.72. The van der Waals surface area contributed by atoms with E-state index in [1.54, 1.807) is 7.11 Å². The maximum Gasteiger partial charge on any atom is 0.224 e. The fourth-order valence-electron chi connectivity index (χ4n) is 1.77. The molecule has 0 amide bonds. The zero-order valence-corrected chi connectivity index (χ0v) is 9.27. The average molecular weight is 233 g/mol. The molecule has 0 saturated heterocycles. The molecule has 0 aliphatic heterocycles. The van der Waals surface area contributed by atoms with Crippen LogP contribution in [0.3, 0.4) is 0 Å². The van der Waals surface area contributed by atoms with E-state index in [0.29, 0.717) is 5.15 Å². The maximum absolute atomic E-state index is 5.98. The number of hydrogen-bond acceptors (Lipinski definition) is 3. The lowest BCUT2D eigenvalue weighted by Crippen LogP contribution is -2.15. The number of hydrogen-bond donors (Lipinski definition) is 0. The third-order valence-corrected chi connectivity index (χ3v) is 2.93. The molecular weight excluding hydrogens is 223 g/mol. The predicted molar refractivity (Wildman–Crippen MR) is 54.7 cm³/mol. The molecule has 0 N–H and O–H groups in total. The molecule has 3 nitrogen and oxygen atoms in total. The Balaban J connectivity index is 2.51. The summed E-state index contributed by atoms with van der Waals surface area (Å²) in [5, 5.41) is 0.652. The smallest absolute Gasteiger partial charge is 0.224 e. The number of rotatable bonds is 1. The highest BCUT2D eigenvalue weighted by molar-refractivity contribution is 6.32. The van der Waals surface area contributed by atoms with Crippen molar-refractivity contribution in [3.8, 4) is 0 Å². The second-order valence-corrected chi connectivity index (χ2v) is 3.96. The SMILES string of the molecule is COC1CCCc2c(Cl)nc(Cl)nc21. The molecule has 1 aromatic rings. The summed E-state index contributed by atoms with van der Waals surface area (Å²) >= 11 is 11.7. The normalized spacial score (nSPS) is 20.6. The van der Waals surface area contributed by atoms with Crippen LogP contribution >= 0.6 is 23.2 Å². The highest BCUT2D eigenvalue weighted by Gasteiger charge is 2.24. The van der Waals surface area contributed by atoms with Crippen LogP contribution in [0.25, 0.3) is 0 Å². The van der Waals surface area contributed by atoms with Gasteiger partial charge in [0.25, 0.3) is 0 Å². The minimum Gasteiger partial charge on any atom is -0.375 e. The summed E-state index contributed by atoms with van der Waals surface area (Å²) in [5.41, 5.74) is 1.83. The molecule has 14 heavy (non-hydrogen) atoms. The van der Waals surface area contributed by atoms with Crippen molar-refractivity contribution in [2.75, 3.05) is 7.11 Å². The molecule has 76 valence electrons. The fraction of sp³-hybridized carbons (Fsp3) is 0.556. The summed E-state index contributed by atoms with van der Waals surface area (Å²) in [6, 6.07) is 0. The van der Waals surface area contributed by atoms with E-state index in [4.69, 9.17) is 27.9 Å². The lowest BCUT2D eigenvalue weighted by molar-refractivity contribution is 0.0841. The largest absolute Gasteiger partial charge is 0.375 e. The van der Waals surface area contributed by atoms with E-state index in [9.17, 15) is 0 Å². The Morgan fingerprint density at radius 1 is 1.36 bits per heavy atom. The Hall–Kier alpha value is -0.380. The van der Waals surface area contributed by atoms with E-state index in [0.717, 1.165) is 30.5 Å². The van der Waals surface area contributed by atoms with E-state index >= 15 is 0 Å². The van der Waals surface area contributed by atoms with Gasteiger partial charge in [0.2, 0.25) is 5.28 Å². The maximum atomic E-state index is 5.98. The zero-order valence-electron chi connectivity index (χ0n) is 7.76. The first-order valence-corrected chi connectivity index (χ1v) is 5.22. The van der Waals surface area contributed by atoms with Gasteiger partial charge in [-0.25, -0.2) is 9.97 Å². The molecule has 0 aromatic carbocycles. The standard InChI is InChI=1S/C9H10Cl2N2O/c1-14-6-4-2-3-5-7(6)12-9(11)13-8(5)10/h6H,2-4H2,1H3. The third-order valence-electron chi connectivity index (χ3n) is 2.44.